The number of nitrogen functional groups attached to an aromatic ring is 1. The number of halogens is 1. The predicted molar refractivity (Wildman–Crippen MR) is 57.5 cm³/mol. The molecule has 0 bridgehead atoms. The highest BCUT2D eigenvalue weighted by Gasteiger charge is 2.21. The monoisotopic (exact) mass is 210 g/mol. The molecule has 14 heavy (non-hydrogen) atoms. The van der Waals surface area contributed by atoms with E-state index in [1.807, 2.05) is 0 Å². The topological polar surface area (TPSA) is 46.3 Å². The molecule has 74 valence electrons. The smallest absolute Gasteiger partial charge is 0.227 e. The average Bonchev–Trinajstić information content (AvgIpc) is 2.49. The lowest BCUT2D eigenvalue weighted by Gasteiger charge is -2.16. The van der Waals surface area contributed by atoms with Gasteiger partial charge in [0.25, 0.3) is 0 Å². The van der Waals surface area contributed by atoms with E-state index in [-0.39, 0.29) is 5.91 Å². The van der Waals surface area contributed by atoms with E-state index in [1.165, 1.54) is 0 Å². The Balaban J connectivity index is 2.35. The average molecular weight is 211 g/mol. The van der Waals surface area contributed by atoms with Crippen molar-refractivity contribution in [3.05, 3.63) is 23.2 Å². The van der Waals surface area contributed by atoms with Crippen LogP contribution in [0.2, 0.25) is 5.02 Å². The number of anilines is 2. The number of hydrogen-bond acceptors (Lipinski definition) is 2. The normalized spacial score (nSPS) is 16.4. The van der Waals surface area contributed by atoms with Crippen molar-refractivity contribution in [3.63, 3.8) is 0 Å². The molecule has 1 aliphatic heterocycles. The van der Waals surface area contributed by atoms with Crippen LogP contribution >= 0.6 is 11.6 Å². The molecule has 0 atom stereocenters. The molecule has 0 radical (unpaired) electrons. The number of carbonyl (C=O) groups excluding carboxylic acids is 1. The second kappa shape index (κ2) is 3.50. The molecule has 1 amide bonds. The first kappa shape index (κ1) is 9.34. The molecule has 0 unspecified atom stereocenters. The van der Waals surface area contributed by atoms with Crippen LogP contribution in [-0.4, -0.2) is 12.5 Å². The summed E-state index contributed by atoms with van der Waals surface area (Å²) in [5.74, 6) is 0.145. The Morgan fingerprint density at radius 2 is 2.14 bits per heavy atom. The summed E-state index contributed by atoms with van der Waals surface area (Å²) in [5.41, 5.74) is 7.04. The molecule has 1 heterocycles. The van der Waals surface area contributed by atoms with Gasteiger partial charge in [0.1, 0.15) is 0 Å². The van der Waals surface area contributed by atoms with Crippen molar-refractivity contribution in [2.45, 2.75) is 12.8 Å². The molecule has 1 aromatic rings. The van der Waals surface area contributed by atoms with E-state index < -0.39 is 0 Å². The Labute approximate surface area is 87.4 Å². The standard InChI is InChI=1S/C10H11ClN2O/c11-7-4-8(12)6-9(5-7)13-3-1-2-10(13)14/h4-6H,1-3,12H2. The number of benzene rings is 1. The van der Waals surface area contributed by atoms with Gasteiger partial charge in [-0.2, -0.15) is 0 Å². The van der Waals surface area contributed by atoms with Gasteiger partial charge in [-0.25, -0.2) is 0 Å². The molecule has 2 N–H and O–H groups in total. The minimum atomic E-state index is 0.145. The lowest BCUT2D eigenvalue weighted by Crippen LogP contribution is -2.23. The third kappa shape index (κ3) is 1.68. The van der Waals surface area contributed by atoms with E-state index in [2.05, 4.69) is 0 Å². The molecule has 1 aromatic carbocycles. The van der Waals surface area contributed by atoms with Crippen LogP contribution in [0.25, 0.3) is 0 Å². The summed E-state index contributed by atoms with van der Waals surface area (Å²) in [7, 11) is 0. The fraction of sp³-hybridized carbons (Fsp3) is 0.300. The second-order valence-corrected chi connectivity index (χ2v) is 3.83. The number of nitrogens with zero attached hydrogens (tertiary/aromatic N) is 1. The lowest BCUT2D eigenvalue weighted by atomic mass is 10.2. The lowest BCUT2D eigenvalue weighted by molar-refractivity contribution is -0.117. The van der Waals surface area contributed by atoms with E-state index >= 15 is 0 Å². The minimum Gasteiger partial charge on any atom is -0.399 e. The van der Waals surface area contributed by atoms with Crippen LogP contribution in [0.4, 0.5) is 11.4 Å². The molecular formula is C10H11ClN2O. The summed E-state index contributed by atoms with van der Waals surface area (Å²) in [6.07, 6.45) is 1.53. The van der Waals surface area contributed by atoms with Crippen molar-refractivity contribution in [1.82, 2.24) is 0 Å². The van der Waals surface area contributed by atoms with Gasteiger partial charge in [-0.15, -0.1) is 0 Å². The van der Waals surface area contributed by atoms with Gasteiger partial charge in [0.2, 0.25) is 5.91 Å². The predicted octanol–water partition coefficient (Wildman–Crippen LogP) is 2.05. The van der Waals surface area contributed by atoms with Gasteiger partial charge in [-0.1, -0.05) is 11.6 Å². The Hall–Kier alpha value is -1.22. The SMILES string of the molecule is Nc1cc(Cl)cc(N2CCCC2=O)c1. The Morgan fingerprint density at radius 3 is 2.71 bits per heavy atom. The number of carbonyl (C=O) groups is 1. The fourth-order valence-corrected chi connectivity index (χ4v) is 1.91. The second-order valence-electron chi connectivity index (χ2n) is 3.39. The Bertz CT molecular complexity index is 358. The van der Waals surface area contributed by atoms with Crippen molar-refractivity contribution in [2.24, 2.45) is 0 Å². The third-order valence-electron chi connectivity index (χ3n) is 2.29. The first-order valence-electron chi connectivity index (χ1n) is 4.53. The maximum Gasteiger partial charge on any atom is 0.227 e. The maximum atomic E-state index is 11.4. The van der Waals surface area contributed by atoms with Crippen LogP contribution in [-0.2, 0) is 4.79 Å². The van der Waals surface area contributed by atoms with E-state index in [0.29, 0.717) is 17.1 Å². The van der Waals surface area contributed by atoms with Crippen LogP contribution < -0.4 is 10.6 Å². The molecule has 3 nitrogen and oxygen atoms in total. The number of amides is 1. The summed E-state index contributed by atoms with van der Waals surface area (Å²) in [6, 6.07) is 5.21. The summed E-state index contributed by atoms with van der Waals surface area (Å²) in [4.78, 5) is 13.2. The first-order valence-corrected chi connectivity index (χ1v) is 4.91. The van der Waals surface area contributed by atoms with Gasteiger partial charge in [0.15, 0.2) is 0 Å². The van der Waals surface area contributed by atoms with Crippen molar-refractivity contribution in [1.29, 1.82) is 0 Å². The molecule has 1 aliphatic rings. The van der Waals surface area contributed by atoms with Crippen molar-refractivity contribution in [2.75, 3.05) is 17.2 Å². The third-order valence-corrected chi connectivity index (χ3v) is 2.51. The zero-order valence-corrected chi connectivity index (χ0v) is 8.42. The quantitative estimate of drug-likeness (QED) is 0.722. The Kier molecular flexibility index (Phi) is 2.33. The van der Waals surface area contributed by atoms with E-state index in [1.54, 1.807) is 23.1 Å². The molecule has 0 aromatic heterocycles. The molecule has 0 saturated carbocycles. The van der Waals surface area contributed by atoms with E-state index in [4.69, 9.17) is 17.3 Å². The molecule has 2 rings (SSSR count). The highest BCUT2D eigenvalue weighted by Crippen LogP contribution is 2.27. The van der Waals surface area contributed by atoms with Crippen LogP contribution in [0, 0.1) is 0 Å². The molecular weight excluding hydrogens is 200 g/mol. The molecule has 1 fully saturated rings. The van der Waals surface area contributed by atoms with E-state index in [9.17, 15) is 4.79 Å². The van der Waals surface area contributed by atoms with Crippen molar-refractivity contribution < 1.29 is 4.79 Å². The van der Waals surface area contributed by atoms with Crippen LogP contribution in [0.15, 0.2) is 18.2 Å². The largest absolute Gasteiger partial charge is 0.399 e. The van der Waals surface area contributed by atoms with Crippen LogP contribution in [0.5, 0.6) is 0 Å². The number of rotatable bonds is 1. The summed E-state index contributed by atoms with van der Waals surface area (Å²) >= 11 is 5.86. The minimum absolute atomic E-state index is 0.145. The highest BCUT2D eigenvalue weighted by molar-refractivity contribution is 6.31. The fourth-order valence-electron chi connectivity index (χ4n) is 1.67. The summed E-state index contributed by atoms with van der Waals surface area (Å²) in [6.45, 7) is 0.763. The number of nitrogens with two attached hydrogens (primary N) is 1. The van der Waals surface area contributed by atoms with Gasteiger partial charge in [0, 0.05) is 29.4 Å². The van der Waals surface area contributed by atoms with Crippen LogP contribution in [0.3, 0.4) is 0 Å². The van der Waals surface area contributed by atoms with Crippen molar-refractivity contribution >= 4 is 28.9 Å². The van der Waals surface area contributed by atoms with Gasteiger partial charge in [-0.3, -0.25) is 4.79 Å². The van der Waals surface area contributed by atoms with E-state index in [0.717, 1.165) is 18.7 Å². The first-order chi connectivity index (χ1) is 6.66. The highest BCUT2D eigenvalue weighted by atomic mass is 35.5. The van der Waals surface area contributed by atoms with Gasteiger partial charge in [-0.05, 0) is 24.6 Å². The summed E-state index contributed by atoms with van der Waals surface area (Å²) in [5, 5.41) is 0.569. The zero-order valence-electron chi connectivity index (χ0n) is 7.66. The van der Waals surface area contributed by atoms with Gasteiger partial charge >= 0.3 is 0 Å². The van der Waals surface area contributed by atoms with Crippen molar-refractivity contribution in [3.8, 4) is 0 Å². The van der Waals surface area contributed by atoms with Gasteiger partial charge < -0.3 is 10.6 Å². The Morgan fingerprint density at radius 1 is 1.36 bits per heavy atom. The van der Waals surface area contributed by atoms with Gasteiger partial charge in [0.05, 0.1) is 0 Å². The summed E-state index contributed by atoms with van der Waals surface area (Å²) < 4.78 is 0. The maximum absolute atomic E-state index is 11.4. The number of hydrogen-bond donors (Lipinski definition) is 1. The molecule has 1 saturated heterocycles. The van der Waals surface area contributed by atoms with Crippen LogP contribution in [0.1, 0.15) is 12.8 Å². The molecule has 0 spiro atoms. The molecule has 4 heteroatoms. The zero-order chi connectivity index (χ0) is 10.1. The molecule has 0 aliphatic carbocycles.